The quantitative estimate of drug-likeness (QED) is 0.888. The lowest BCUT2D eigenvalue weighted by molar-refractivity contribution is 0.383. The van der Waals surface area contributed by atoms with Crippen molar-refractivity contribution in [2.24, 2.45) is 0 Å². The summed E-state index contributed by atoms with van der Waals surface area (Å²) in [5, 5.41) is 4.22. The van der Waals surface area contributed by atoms with E-state index in [0.717, 1.165) is 5.25 Å². The summed E-state index contributed by atoms with van der Waals surface area (Å²) in [4.78, 5) is 4.37. The summed E-state index contributed by atoms with van der Waals surface area (Å²) in [6.07, 6.45) is 7.96. The number of rotatable bonds is 5. The Labute approximate surface area is 115 Å². The Balaban J connectivity index is 2.13. The van der Waals surface area contributed by atoms with Gasteiger partial charge in [0.25, 0.3) is 0 Å². The molecule has 1 fully saturated rings. The maximum absolute atomic E-state index is 4.37. The summed E-state index contributed by atoms with van der Waals surface area (Å²) in [5.74, 6) is 1.23. The van der Waals surface area contributed by atoms with Crippen molar-refractivity contribution in [1.82, 2.24) is 14.9 Å². The van der Waals surface area contributed by atoms with E-state index in [-0.39, 0.29) is 5.54 Å². The van der Waals surface area contributed by atoms with Gasteiger partial charge < -0.3 is 9.88 Å². The molecule has 1 heterocycles. The Hall–Kier alpha value is -0.480. The number of nitrogens with zero attached hydrogens (tertiary/aromatic N) is 2. The summed E-state index contributed by atoms with van der Waals surface area (Å²) in [6.45, 7) is 6.69. The highest BCUT2D eigenvalue weighted by molar-refractivity contribution is 7.99. The molecule has 2 atom stereocenters. The van der Waals surface area contributed by atoms with E-state index in [1.165, 1.54) is 30.7 Å². The van der Waals surface area contributed by atoms with Crippen LogP contribution in [0.3, 0.4) is 0 Å². The van der Waals surface area contributed by atoms with Crippen molar-refractivity contribution >= 4 is 11.8 Å². The predicted octanol–water partition coefficient (Wildman–Crippen LogP) is 3.18. The van der Waals surface area contributed by atoms with E-state index in [9.17, 15) is 0 Å². The highest BCUT2D eigenvalue weighted by Gasteiger charge is 2.30. The number of aromatic nitrogens is 2. The monoisotopic (exact) mass is 267 g/mol. The van der Waals surface area contributed by atoms with Crippen LogP contribution >= 0.6 is 11.8 Å². The van der Waals surface area contributed by atoms with E-state index < -0.39 is 0 Å². The first-order valence-electron chi connectivity index (χ1n) is 6.91. The number of imidazole rings is 1. The summed E-state index contributed by atoms with van der Waals surface area (Å²) in [6, 6.07) is 0.638. The molecule has 1 aliphatic rings. The predicted molar refractivity (Wildman–Crippen MR) is 79.1 cm³/mol. The second kappa shape index (κ2) is 5.66. The van der Waals surface area contributed by atoms with Gasteiger partial charge in [0.1, 0.15) is 0 Å². The molecule has 1 saturated carbocycles. The van der Waals surface area contributed by atoms with Crippen LogP contribution in [-0.2, 0) is 5.54 Å². The second-order valence-electron chi connectivity index (χ2n) is 5.61. The van der Waals surface area contributed by atoms with Gasteiger partial charge in [-0.2, -0.15) is 11.8 Å². The number of nitrogens with one attached hydrogen (secondary N) is 1. The zero-order valence-electron chi connectivity index (χ0n) is 11.9. The van der Waals surface area contributed by atoms with Crippen molar-refractivity contribution in [3.8, 4) is 0 Å². The Bertz CT molecular complexity index is 386. The molecule has 102 valence electrons. The summed E-state index contributed by atoms with van der Waals surface area (Å²) >= 11 is 2.11. The Morgan fingerprint density at radius 1 is 1.50 bits per heavy atom. The van der Waals surface area contributed by atoms with Crippen LogP contribution in [0.4, 0.5) is 0 Å². The lowest BCUT2D eigenvalue weighted by Gasteiger charge is -2.28. The molecule has 0 aromatic carbocycles. The minimum absolute atomic E-state index is 0.00745. The normalized spacial score (nSPS) is 24.7. The molecule has 0 saturated heterocycles. The Morgan fingerprint density at radius 3 is 2.94 bits per heavy atom. The molecule has 1 N–H and O–H groups in total. The number of hydrogen-bond donors (Lipinski definition) is 1. The molecule has 1 aliphatic carbocycles. The lowest BCUT2D eigenvalue weighted by Crippen LogP contribution is -2.35. The molecule has 0 radical (unpaired) electrons. The van der Waals surface area contributed by atoms with Crippen LogP contribution in [0.15, 0.2) is 12.5 Å². The molecule has 2 rings (SSSR count). The number of thioether (sulfide) groups is 1. The van der Waals surface area contributed by atoms with Crippen molar-refractivity contribution in [2.45, 2.75) is 56.9 Å². The van der Waals surface area contributed by atoms with Crippen LogP contribution in [0.5, 0.6) is 0 Å². The molecular weight excluding hydrogens is 242 g/mol. The van der Waals surface area contributed by atoms with Gasteiger partial charge in [0.15, 0.2) is 0 Å². The van der Waals surface area contributed by atoms with Gasteiger partial charge in [-0.15, -0.1) is 0 Å². The average molecular weight is 267 g/mol. The zero-order chi connectivity index (χ0) is 13.2. The van der Waals surface area contributed by atoms with Crippen LogP contribution in [0.1, 0.15) is 51.8 Å². The molecule has 18 heavy (non-hydrogen) atoms. The maximum Gasteiger partial charge on any atom is 0.0951 e. The molecule has 4 heteroatoms. The summed E-state index contributed by atoms with van der Waals surface area (Å²) in [7, 11) is 2.02. The van der Waals surface area contributed by atoms with Crippen LogP contribution < -0.4 is 5.32 Å². The van der Waals surface area contributed by atoms with E-state index in [2.05, 4.69) is 47.4 Å². The fraction of sp³-hybridized carbons (Fsp3) is 0.786. The molecule has 1 aromatic rings. The van der Waals surface area contributed by atoms with Crippen LogP contribution in [0, 0.1) is 0 Å². The fourth-order valence-electron chi connectivity index (χ4n) is 2.76. The van der Waals surface area contributed by atoms with Crippen molar-refractivity contribution < 1.29 is 0 Å². The first-order valence-corrected chi connectivity index (χ1v) is 7.96. The molecule has 0 amide bonds. The van der Waals surface area contributed by atoms with Gasteiger partial charge in [0.05, 0.1) is 23.8 Å². The summed E-state index contributed by atoms with van der Waals surface area (Å²) < 4.78 is 2.40. The molecular formula is C14H25N3S. The molecule has 2 unspecified atom stereocenters. The fourth-order valence-corrected chi connectivity index (χ4v) is 3.90. The largest absolute Gasteiger partial charge is 0.330 e. The minimum atomic E-state index is -0.00745. The van der Waals surface area contributed by atoms with Crippen molar-refractivity contribution in [3.05, 3.63) is 18.2 Å². The van der Waals surface area contributed by atoms with E-state index in [1.807, 2.05) is 19.6 Å². The van der Waals surface area contributed by atoms with Crippen LogP contribution in [-0.4, -0.2) is 27.6 Å². The zero-order valence-corrected chi connectivity index (χ0v) is 12.8. The first-order chi connectivity index (χ1) is 8.58. The third kappa shape index (κ3) is 2.75. The molecule has 0 aliphatic heterocycles. The van der Waals surface area contributed by atoms with Gasteiger partial charge in [-0.05, 0) is 45.9 Å². The third-order valence-corrected chi connectivity index (χ3v) is 5.32. The summed E-state index contributed by atoms with van der Waals surface area (Å²) in [5.41, 5.74) is 1.30. The van der Waals surface area contributed by atoms with Gasteiger partial charge in [-0.25, -0.2) is 4.98 Å². The van der Waals surface area contributed by atoms with Gasteiger partial charge in [-0.1, -0.05) is 6.92 Å². The van der Waals surface area contributed by atoms with Crippen molar-refractivity contribution in [1.29, 1.82) is 0 Å². The highest BCUT2D eigenvalue weighted by Crippen LogP contribution is 2.38. The molecule has 0 bridgehead atoms. The van der Waals surface area contributed by atoms with Crippen LogP contribution in [0.2, 0.25) is 0 Å². The van der Waals surface area contributed by atoms with E-state index in [1.54, 1.807) is 0 Å². The van der Waals surface area contributed by atoms with E-state index >= 15 is 0 Å². The lowest BCUT2D eigenvalue weighted by atomic mass is 10.0. The SMILES string of the molecule is CCSC1CCC(n2cncc2C(C)(C)NC)C1. The Morgan fingerprint density at radius 2 is 2.28 bits per heavy atom. The maximum atomic E-state index is 4.37. The highest BCUT2D eigenvalue weighted by atomic mass is 32.2. The smallest absolute Gasteiger partial charge is 0.0951 e. The van der Waals surface area contributed by atoms with Crippen LogP contribution in [0.25, 0.3) is 0 Å². The van der Waals surface area contributed by atoms with Crippen molar-refractivity contribution in [3.63, 3.8) is 0 Å². The third-order valence-electron chi connectivity index (χ3n) is 4.08. The van der Waals surface area contributed by atoms with Gasteiger partial charge in [0, 0.05) is 11.3 Å². The average Bonchev–Trinajstić information content (AvgIpc) is 2.96. The molecule has 0 spiro atoms. The second-order valence-corrected chi connectivity index (χ2v) is 7.18. The van der Waals surface area contributed by atoms with E-state index in [0.29, 0.717) is 6.04 Å². The van der Waals surface area contributed by atoms with E-state index in [4.69, 9.17) is 0 Å². The van der Waals surface area contributed by atoms with Crippen molar-refractivity contribution in [2.75, 3.05) is 12.8 Å². The van der Waals surface area contributed by atoms with Gasteiger partial charge >= 0.3 is 0 Å². The standard InChI is InChI=1S/C14H25N3S/c1-5-18-12-7-6-11(8-12)17-10-16-9-13(17)14(2,3)15-4/h9-12,15H,5-8H2,1-4H3. The van der Waals surface area contributed by atoms with Gasteiger partial charge in [0.2, 0.25) is 0 Å². The topological polar surface area (TPSA) is 29.9 Å². The molecule has 3 nitrogen and oxygen atoms in total. The first kappa shape index (κ1) is 13.9. The minimum Gasteiger partial charge on any atom is -0.330 e. The van der Waals surface area contributed by atoms with Gasteiger partial charge in [-0.3, -0.25) is 0 Å². The number of hydrogen-bond acceptors (Lipinski definition) is 3. The Kier molecular flexibility index (Phi) is 4.38. The molecule has 1 aromatic heterocycles.